The second kappa shape index (κ2) is 4.63. The summed E-state index contributed by atoms with van der Waals surface area (Å²) in [6.45, 7) is 9.75. The Bertz CT molecular complexity index is 240. The Morgan fingerprint density at radius 1 is 1.44 bits per heavy atom. The van der Waals surface area contributed by atoms with Gasteiger partial charge in [-0.1, -0.05) is 13.8 Å². The van der Waals surface area contributed by atoms with Crippen LogP contribution in [0.4, 0.5) is 0 Å². The zero-order valence-electron chi connectivity index (χ0n) is 10.9. The van der Waals surface area contributed by atoms with Crippen molar-refractivity contribution in [3.05, 3.63) is 0 Å². The molecule has 16 heavy (non-hydrogen) atoms. The van der Waals surface area contributed by atoms with E-state index in [1.165, 1.54) is 19.3 Å². The minimum atomic E-state index is 0.199. The fraction of sp³-hybridized carbons (Fsp3) is 1.00. The number of nitrogens with two attached hydrogens (primary N) is 1. The lowest BCUT2D eigenvalue weighted by Crippen LogP contribution is -2.54. The minimum absolute atomic E-state index is 0.199. The molecule has 2 N–H and O–H groups in total. The highest BCUT2D eigenvalue weighted by atomic mass is 16.5. The summed E-state index contributed by atoms with van der Waals surface area (Å²) in [5.41, 5.74) is 6.27. The highest BCUT2D eigenvalue weighted by molar-refractivity contribution is 4.92. The topological polar surface area (TPSA) is 38.5 Å². The molecule has 0 radical (unpaired) electrons. The molecular formula is C13H26N2O. The normalized spacial score (nSPS) is 33.8. The first-order valence-corrected chi connectivity index (χ1v) is 6.62. The van der Waals surface area contributed by atoms with Gasteiger partial charge in [0.1, 0.15) is 0 Å². The molecule has 1 saturated heterocycles. The Morgan fingerprint density at radius 2 is 2.19 bits per heavy atom. The van der Waals surface area contributed by atoms with E-state index in [9.17, 15) is 0 Å². The van der Waals surface area contributed by atoms with Crippen LogP contribution in [-0.4, -0.2) is 42.8 Å². The highest BCUT2D eigenvalue weighted by Crippen LogP contribution is 2.32. The summed E-state index contributed by atoms with van der Waals surface area (Å²) in [5, 5.41) is 0. The number of rotatable bonds is 3. The van der Waals surface area contributed by atoms with Crippen LogP contribution in [0.1, 0.15) is 40.0 Å². The van der Waals surface area contributed by atoms with Crippen molar-refractivity contribution in [1.29, 1.82) is 0 Å². The van der Waals surface area contributed by atoms with Gasteiger partial charge in [-0.05, 0) is 31.6 Å². The molecule has 0 spiro atoms. The number of nitrogens with zero attached hydrogens (tertiary/aromatic N) is 1. The molecule has 3 heteroatoms. The molecule has 1 saturated carbocycles. The lowest BCUT2D eigenvalue weighted by atomic mass is 9.84. The number of fused-ring (bicyclic) bond motifs is 1. The third kappa shape index (κ3) is 2.41. The zero-order valence-corrected chi connectivity index (χ0v) is 10.9. The second-order valence-corrected chi connectivity index (χ2v) is 6.16. The molecule has 3 nitrogen and oxygen atoms in total. The van der Waals surface area contributed by atoms with Gasteiger partial charge in [0.05, 0.1) is 12.7 Å². The van der Waals surface area contributed by atoms with Crippen molar-refractivity contribution in [3.63, 3.8) is 0 Å². The van der Waals surface area contributed by atoms with E-state index >= 15 is 0 Å². The van der Waals surface area contributed by atoms with Crippen LogP contribution in [0.15, 0.2) is 0 Å². The van der Waals surface area contributed by atoms with Crippen LogP contribution in [0.25, 0.3) is 0 Å². The van der Waals surface area contributed by atoms with Gasteiger partial charge < -0.3 is 10.5 Å². The number of hydrogen-bond donors (Lipinski definition) is 1. The van der Waals surface area contributed by atoms with Crippen LogP contribution in [0.2, 0.25) is 0 Å². The second-order valence-electron chi connectivity index (χ2n) is 6.16. The van der Waals surface area contributed by atoms with Crippen molar-refractivity contribution in [3.8, 4) is 0 Å². The van der Waals surface area contributed by atoms with Crippen LogP contribution in [0, 0.1) is 5.41 Å². The van der Waals surface area contributed by atoms with Gasteiger partial charge in [-0.25, -0.2) is 0 Å². The van der Waals surface area contributed by atoms with Gasteiger partial charge in [-0.15, -0.1) is 0 Å². The molecule has 2 aliphatic rings. The van der Waals surface area contributed by atoms with E-state index < -0.39 is 0 Å². The van der Waals surface area contributed by atoms with E-state index in [1.807, 2.05) is 0 Å². The molecule has 2 fully saturated rings. The van der Waals surface area contributed by atoms with Crippen LogP contribution in [0.3, 0.4) is 0 Å². The highest BCUT2D eigenvalue weighted by Gasteiger charge is 2.38. The van der Waals surface area contributed by atoms with Gasteiger partial charge >= 0.3 is 0 Å². The molecule has 0 amide bonds. The molecule has 1 heterocycles. The summed E-state index contributed by atoms with van der Waals surface area (Å²) in [4.78, 5) is 2.62. The maximum atomic E-state index is 6.07. The molecule has 0 aromatic carbocycles. The standard InChI is InChI=1S/C13H26N2O/c1-10(14)13(2,3)9-15-7-8-16-12-6-4-5-11(12)15/h10-12H,4-9,14H2,1-3H3. The zero-order chi connectivity index (χ0) is 11.8. The Balaban J connectivity index is 1.98. The van der Waals surface area contributed by atoms with Gasteiger partial charge in [0.15, 0.2) is 0 Å². The monoisotopic (exact) mass is 226 g/mol. The first kappa shape index (κ1) is 12.3. The smallest absolute Gasteiger partial charge is 0.0730 e. The summed E-state index contributed by atoms with van der Waals surface area (Å²) in [6, 6.07) is 0.905. The molecule has 3 atom stereocenters. The van der Waals surface area contributed by atoms with Gasteiger partial charge in [0, 0.05) is 25.2 Å². The number of ether oxygens (including phenoxy) is 1. The first-order valence-electron chi connectivity index (χ1n) is 6.62. The molecule has 2 rings (SSSR count). The lowest BCUT2D eigenvalue weighted by Gasteiger charge is -2.43. The quantitative estimate of drug-likeness (QED) is 0.794. The molecule has 0 aromatic rings. The van der Waals surface area contributed by atoms with Crippen molar-refractivity contribution < 1.29 is 4.74 Å². The Hall–Kier alpha value is -0.120. The predicted octanol–water partition coefficient (Wildman–Crippen LogP) is 1.61. The summed E-state index contributed by atoms with van der Waals surface area (Å²) >= 11 is 0. The van der Waals surface area contributed by atoms with E-state index in [4.69, 9.17) is 10.5 Å². The molecule has 94 valence electrons. The molecule has 0 aromatic heterocycles. The lowest BCUT2D eigenvalue weighted by molar-refractivity contribution is -0.0673. The van der Waals surface area contributed by atoms with E-state index in [0.29, 0.717) is 12.1 Å². The molecular weight excluding hydrogens is 200 g/mol. The van der Waals surface area contributed by atoms with Crippen LogP contribution >= 0.6 is 0 Å². The maximum absolute atomic E-state index is 6.07. The van der Waals surface area contributed by atoms with Crippen molar-refractivity contribution in [2.75, 3.05) is 19.7 Å². The maximum Gasteiger partial charge on any atom is 0.0730 e. The average molecular weight is 226 g/mol. The largest absolute Gasteiger partial charge is 0.375 e. The fourth-order valence-corrected chi connectivity index (χ4v) is 2.87. The predicted molar refractivity (Wildman–Crippen MR) is 66.4 cm³/mol. The number of hydrogen-bond acceptors (Lipinski definition) is 3. The summed E-state index contributed by atoms with van der Waals surface area (Å²) in [6.07, 6.45) is 4.38. The average Bonchev–Trinajstić information content (AvgIpc) is 2.65. The van der Waals surface area contributed by atoms with E-state index in [2.05, 4.69) is 25.7 Å². The Labute approximate surface area is 99.3 Å². The van der Waals surface area contributed by atoms with Crippen LogP contribution in [-0.2, 0) is 4.74 Å². The molecule has 1 aliphatic carbocycles. The Morgan fingerprint density at radius 3 is 2.88 bits per heavy atom. The molecule has 3 unspecified atom stereocenters. The summed E-state index contributed by atoms with van der Waals surface area (Å²) in [5.74, 6) is 0. The van der Waals surface area contributed by atoms with Gasteiger partial charge in [-0.2, -0.15) is 0 Å². The third-order valence-electron chi connectivity index (χ3n) is 4.44. The summed E-state index contributed by atoms with van der Waals surface area (Å²) < 4.78 is 5.83. The first-order chi connectivity index (χ1) is 7.50. The fourth-order valence-electron chi connectivity index (χ4n) is 2.87. The van der Waals surface area contributed by atoms with Crippen molar-refractivity contribution in [2.45, 2.75) is 58.2 Å². The number of morpholine rings is 1. The molecule has 0 bridgehead atoms. The van der Waals surface area contributed by atoms with Gasteiger partial charge in [0.2, 0.25) is 0 Å². The van der Waals surface area contributed by atoms with Gasteiger partial charge in [0.25, 0.3) is 0 Å². The van der Waals surface area contributed by atoms with E-state index in [-0.39, 0.29) is 11.5 Å². The van der Waals surface area contributed by atoms with Crippen molar-refractivity contribution >= 4 is 0 Å². The van der Waals surface area contributed by atoms with Gasteiger partial charge in [-0.3, -0.25) is 4.90 Å². The summed E-state index contributed by atoms with van der Waals surface area (Å²) in [7, 11) is 0. The van der Waals surface area contributed by atoms with Crippen molar-refractivity contribution in [2.24, 2.45) is 11.1 Å². The van der Waals surface area contributed by atoms with Crippen molar-refractivity contribution in [1.82, 2.24) is 4.90 Å². The van der Waals surface area contributed by atoms with Crippen LogP contribution < -0.4 is 5.73 Å². The van der Waals surface area contributed by atoms with Crippen LogP contribution in [0.5, 0.6) is 0 Å². The Kier molecular flexibility index (Phi) is 3.57. The third-order valence-corrected chi connectivity index (χ3v) is 4.44. The van der Waals surface area contributed by atoms with E-state index in [0.717, 1.165) is 19.7 Å². The minimum Gasteiger partial charge on any atom is -0.375 e. The molecule has 1 aliphatic heterocycles. The van der Waals surface area contributed by atoms with E-state index in [1.54, 1.807) is 0 Å². The SMILES string of the molecule is CC(N)C(C)(C)CN1CCOC2CCCC21.